The maximum Gasteiger partial charge on any atom is 0.164 e. The highest BCUT2D eigenvalue weighted by Gasteiger charge is 2.21. The number of hydrogen-bond donors (Lipinski definition) is 0. The first-order valence-corrected chi connectivity index (χ1v) is 17.0. The second-order valence-electron chi connectivity index (χ2n) is 12.7. The van der Waals surface area contributed by atoms with Gasteiger partial charge in [0.2, 0.25) is 0 Å². The minimum atomic E-state index is 0.543. The molecule has 52 heavy (non-hydrogen) atoms. The van der Waals surface area contributed by atoms with Gasteiger partial charge in [-0.1, -0.05) is 72.8 Å². The van der Waals surface area contributed by atoms with Crippen molar-refractivity contribution in [1.29, 1.82) is 5.26 Å². The van der Waals surface area contributed by atoms with Gasteiger partial charge < -0.3 is 4.57 Å². The summed E-state index contributed by atoms with van der Waals surface area (Å²) >= 11 is 0. The van der Waals surface area contributed by atoms with Crippen LogP contribution in [0.3, 0.4) is 0 Å². The maximum absolute atomic E-state index is 9.34. The van der Waals surface area contributed by atoms with Gasteiger partial charge in [-0.2, -0.15) is 5.26 Å². The van der Waals surface area contributed by atoms with Crippen molar-refractivity contribution < 1.29 is 0 Å². The van der Waals surface area contributed by atoms with E-state index in [0.29, 0.717) is 23.0 Å². The van der Waals surface area contributed by atoms with Gasteiger partial charge in [-0.15, -0.1) is 0 Å². The molecule has 0 unspecified atom stereocenters. The van der Waals surface area contributed by atoms with Crippen LogP contribution < -0.4 is 0 Å². The minimum Gasteiger partial charge on any atom is -0.309 e. The summed E-state index contributed by atoms with van der Waals surface area (Å²) in [5.41, 5.74) is 9.54. The van der Waals surface area contributed by atoms with E-state index >= 15 is 0 Å². The SMILES string of the molecule is N#Cc1ccc(-c2nc(-c3ccccc3)nc(-c3ccc(-n4c5ncccc5c5ccc6c(c7ccccc7n6-c6ccccc6)c54)cc3)n2)cc1. The van der Waals surface area contributed by atoms with Crippen LogP contribution in [0.1, 0.15) is 5.56 Å². The lowest BCUT2D eigenvalue weighted by Crippen LogP contribution is -2.01. The summed E-state index contributed by atoms with van der Waals surface area (Å²) in [7, 11) is 0. The van der Waals surface area contributed by atoms with Crippen molar-refractivity contribution in [3.63, 3.8) is 0 Å². The van der Waals surface area contributed by atoms with Crippen molar-refractivity contribution in [2.24, 2.45) is 0 Å². The van der Waals surface area contributed by atoms with Crippen molar-refractivity contribution in [2.45, 2.75) is 0 Å². The van der Waals surface area contributed by atoms with Crippen molar-refractivity contribution >= 4 is 43.7 Å². The first kappa shape index (κ1) is 29.5. The number of nitriles is 1. The molecule has 0 atom stereocenters. The van der Waals surface area contributed by atoms with Crippen LogP contribution in [0, 0.1) is 11.3 Å². The molecule has 0 saturated carbocycles. The summed E-state index contributed by atoms with van der Waals surface area (Å²) < 4.78 is 4.63. The highest BCUT2D eigenvalue weighted by Crippen LogP contribution is 2.41. The number of pyridine rings is 1. The van der Waals surface area contributed by atoms with Crippen LogP contribution in [0.5, 0.6) is 0 Å². The summed E-state index contributed by atoms with van der Waals surface area (Å²) in [6, 6.07) is 55.5. The Hall–Kier alpha value is -7.43. The molecule has 0 aliphatic heterocycles. The largest absolute Gasteiger partial charge is 0.309 e. The third kappa shape index (κ3) is 4.67. The summed E-state index contributed by atoms with van der Waals surface area (Å²) in [4.78, 5) is 19.6. The Morgan fingerprint density at radius 3 is 1.71 bits per heavy atom. The number of nitrogens with zero attached hydrogens (tertiary/aromatic N) is 7. The highest BCUT2D eigenvalue weighted by atomic mass is 15.1. The molecule has 10 aromatic rings. The Bertz CT molecular complexity index is 2990. The van der Waals surface area contributed by atoms with E-state index in [1.807, 2.05) is 54.7 Å². The fourth-order valence-corrected chi connectivity index (χ4v) is 7.29. The second-order valence-corrected chi connectivity index (χ2v) is 12.7. The van der Waals surface area contributed by atoms with Gasteiger partial charge in [0.05, 0.1) is 28.2 Å². The van der Waals surface area contributed by atoms with Gasteiger partial charge in [0, 0.05) is 55.8 Å². The Balaban J connectivity index is 1.18. The fraction of sp³-hybridized carbons (Fsp3) is 0. The average Bonchev–Trinajstić information content (AvgIpc) is 3.74. The van der Waals surface area contributed by atoms with Gasteiger partial charge in [0.15, 0.2) is 17.5 Å². The van der Waals surface area contributed by atoms with Crippen LogP contribution in [-0.2, 0) is 0 Å². The molecule has 242 valence electrons. The van der Waals surface area contributed by atoms with Gasteiger partial charge in [-0.25, -0.2) is 19.9 Å². The molecule has 4 heterocycles. The zero-order valence-electron chi connectivity index (χ0n) is 27.7. The Morgan fingerprint density at radius 2 is 1.02 bits per heavy atom. The fourth-order valence-electron chi connectivity index (χ4n) is 7.29. The van der Waals surface area contributed by atoms with Gasteiger partial charge in [-0.3, -0.25) is 4.57 Å². The maximum atomic E-state index is 9.34. The summed E-state index contributed by atoms with van der Waals surface area (Å²) in [6.45, 7) is 0. The minimum absolute atomic E-state index is 0.543. The summed E-state index contributed by atoms with van der Waals surface area (Å²) in [6.07, 6.45) is 1.86. The molecular weight excluding hydrogens is 639 g/mol. The number of para-hydroxylation sites is 2. The zero-order valence-corrected chi connectivity index (χ0v) is 27.7. The number of fused-ring (bicyclic) bond motifs is 7. The standard InChI is InChI=1S/C45H27N7/c46-28-29-17-19-31(20-18-29)43-48-42(30-10-3-1-4-11-30)49-44(50-43)32-21-23-34(24-22-32)52-41-35(36-15-9-27-47-45(36)52)25-26-39-40(41)37-14-7-8-16-38(37)51(39)33-12-5-2-6-13-33/h1-27H. The first-order chi connectivity index (χ1) is 25.7. The van der Waals surface area contributed by atoms with Crippen LogP contribution in [0.4, 0.5) is 0 Å². The third-order valence-electron chi connectivity index (χ3n) is 9.66. The van der Waals surface area contributed by atoms with Crippen molar-refractivity contribution in [3.05, 3.63) is 169 Å². The quantitative estimate of drug-likeness (QED) is 0.183. The lowest BCUT2D eigenvalue weighted by atomic mass is 10.1. The number of rotatable bonds is 5. The molecule has 0 radical (unpaired) electrons. The molecule has 4 aromatic heterocycles. The smallest absolute Gasteiger partial charge is 0.164 e. The zero-order chi connectivity index (χ0) is 34.6. The van der Waals surface area contributed by atoms with Crippen LogP contribution in [-0.4, -0.2) is 29.1 Å². The second kappa shape index (κ2) is 11.9. The molecule has 0 bridgehead atoms. The molecule has 0 spiro atoms. The van der Waals surface area contributed by atoms with E-state index in [0.717, 1.165) is 61.0 Å². The Kier molecular flexibility index (Phi) is 6.73. The van der Waals surface area contributed by atoms with Gasteiger partial charge >= 0.3 is 0 Å². The molecular formula is C45H27N7. The van der Waals surface area contributed by atoms with Crippen LogP contribution in [0.15, 0.2) is 164 Å². The first-order valence-electron chi connectivity index (χ1n) is 17.0. The predicted molar refractivity (Wildman–Crippen MR) is 207 cm³/mol. The van der Waals surface area contributed by atoms with E-state index < -0.39 is 0 Å². The Labute approximate surface area is 298 Å². The Morgan fingerprint density at radius 1 is 0.442 bits per heavy atom. The van der Waals surface area contributed by atoms with E-state index in [4.69, 9.17) is 19.9 Å². The van der Waals surface area contributed by atoms with E-state index in [1.54, 1.807) is 12.1 Å². The normalized spacial score (nSPS) is 11.4. The monoisotopic (exact) mass is 665 g/mol. The molecule has 6 aromatic carbocycles. The number of aromatic nitrogens is 6. The number of hydrogen-bond acceptors (Lipinski definition) is 5. The third-order valence-corrected chi connectivity index (χ3v) is 9.66. The summed E-state index contributed by atoms with van der Waals surface area (Å²) in [5, 5.41) is 13.9. The average molecular weight is 666 g/mol. The highest BCUT2D eigenvalue weighted by molar-refractivity contribution is 6.25. The topological polar surface area (TPSA) is 85.2 Å². The van der Waals surface area contributed by atoms with Crippen molar-refractivity contribution in [2.75, 3.05) is 0 Å². The predicted octanol–water partition coefficient (Wildman–Crippen LogP) is 10.3. The molecule has 0 amide bonds. The lowest BCUT2D eigenvalue weighted by Gasteiger charge is -2.11. The van der Waals surface area contributed by atoms with Crippen LogP contribution >= 0.6 is 0 Å². The molecule has 7 heteroatoms. The number of benzene rings is 6. The van der Waals surface area contributed by atoms with Crippen molar-refractivity contribution in [1.82, 2.24) is 29.1 Å². The van der Waals surface area contributed by atoms with Crippen LogP contribution in [0.2, 0.25) is 0 Å². The van der Waals surface area contributed by atoms with E-state index in [2.05, 4.69) is 112 Å². The summed E-state index contributed by atoms with van der Waals surface area (Å²) in [5.74, 6) is 1.69. The molecule has 0 aliphatic rings. The van der Waals surface area contributed by atoms with Crippen LogP contribution in [0.25, 0.3) is 89.3 Å². The van der Waals surface area contributed by atoms with Crippen molar-refractivity contribution in [3.8, 4) is 51.6 Å². The molecule has 0 aliphatic carbocycles. The molecule has 10 rings (SSSR count). The van der Waals surface area contributed by atoms with Gasteiger partial charge in [0.1, 0.15) is 5.65 Å². The van der Waals surface area contributed by atoms with E-state index in [-0.39, 0.29) is 0 Å². The van der Waals surface area contributed by atoms with Gasteiger partial charge in [0.25, 0.3) is 0 Å². The molecule has 0 N–H and O–H groups in total. The lowest BCUT2D eigenvalue weighted by molar-refractivity contribution is 1.07. The molecule has 0 fully saturated rings. The van der Waals surface area contributed by atoms with E-state index in [9.17, 15) is 5.26 Å². The molecule has 7 nitrogen and oxygen atoms in total. The molecule has 0 saturated heterocycles. The van der Waals surface area contributed by atoms with E-state index in [1.165, 1.54) is 10.8 Å². The van der Waals surface area contributed by atoms with Gasteiger partial charge in [-0.05, 0) is 84.9 Å².